The lowest BCUT2D eigenvalue weighted by molar-refractivity contribution is 0.383. The molecule has 0 aliphatic heterocycles. The summed E-state index contributed by atoms with van der Waals surface area (Å²) in [6.45, 7) is 2.24. The molecule has 2 aromatic rings. The summed E-state index contributed by atoms with van der Waals surface area (Å²) in [5, 5.41) is 0. The van der Waals surface area contributed by atoms with Crippen LogP contribution in [0.5, 0.6) is 5.75 Å². The molecule has 0 radical (unpaired) electrons. The van der Waals surface area contributed by atoms with Crippen molar-refractivity contribution in [1.82, 2.24) is 0 Å². The predicted molar refractivity (Wildman–Crippen MR) is 110 cm³/mol. The van der Waals surface area contributed by atoms with E-state index < -0.39 is 0 Å². The third kappa shape index (κ3) is 5.15. The monoisotopic (exact) mass is 346 g/mol. The summed E-state index contributed by atoms with van der Waals surface area (Å²) in [6.07, 6.45) is 8.59. The van der Waals surface area contributed by atoms with Crippen molar-refractivity contribution in [1.29, 1.82) is 0 Å². The maximum Gasteiger partial charge on any atom is 0.118 e. The van der Waals surface area contributed by atoms with Crippen molar-refractivity contribution in [2.45, 2.75) is 57.8 Å². The maximum absolute atomic E-state index is 5.26. The summed E-state index contributed by atoms with van der Waals surface area (Å²) in [5.41, 5.74) is 4.03. The molecule has 0 N–H and O–H groups in total. The molecule has 0 atom stereocenters. The van der Waals surface area contributed by atoms with E-state index in [1.165, 1.54) is 56.1 Å². The van der Waals surface area contributed by atoms with Gasteiger partial charge in [0.1, 0.15) is 5.75 Å². The first-order valence-corrected chi connectivity index (χ1v) is 10.0. The molecule has 3 rings (SSSR count). The third-order valence-corrected chi connectivity index (χ3v) is 5.51. The Morgan fingerprint density at radius 2 is 1.62 bits per heavy atom. The largest absolute Gasteiger partial charge is 0.497 e. The van der Waals surface area contributed by atoms with E-state index in [-0.39, 0.29) is 0 Å². The van der Waals surface area contributed by atoms with Crippen LogP contribution in [-0.2, 0) is 6.42 Å². The zero-order valence-electron chi connectivity index (χ0n) is 16.1. The zero-order valence-corrected chi connectivity index (χ0v) is 16.1. The van der Waals surface area contributed by atoms with Gasteiger partial charge in [-0.1, -0.05) is 49.5 Å². The molecule has 0 spiro atoms. The van der Waals surface area contributed by atoms with Gasteiger partial charge in [-0.05, 0) is 79.8 Å². The fourth-order valence-corrected chi connectivity index (χ4v) is 3.77. The lowest BCUT2D eigenvalue weighted by Crippen LogP contribution is -2.12. The number of hydrogen-bond donors (Lipinski definition) is 0. The van der Waals surface area contributed by atoms with Crippen LogP contribution in [0, 0.1) is 17.8 Å². The van der Waals surface area contributed by atoms with Crippen LogP contribution in [-0.4, -0.2) is 7.11 Å². The Bertz CT molecular complexity index is 722. The number of methoxy groups -OCH3 is 1. The summed E-state index contributed by atoms with van der Waals surface area (Å²) in [4.78, 5) is 0. The molecule has 2 aromatic carbocycles. The number of ether oxygens (including phenoxy) is 1. The molecule has 0 aromatic heterocycles. The molecule has 0 heterocycles. The van der Waals surface area contributed by atoms with Crippen molar-refractivity contribution in [3.05, 3.63) is 65.2 Å². The molecular weight excluding hydrogens is 316 g/mol. The molecule has 26 heavy (non-hydrogen) atoms. The van der Waals surface area contributed by atoms with Crippen molar-refractivity contribution >= 4 is 0 Å². The first-order valence-electron chi connectivity index (χ1n) is 10.0. The second kappa shape index (κ2) is 9.48. The van der Waals surface area contributed by atoms with E-state index in [0.29, 0.717) is 11.8 Å². The van der Waals surface area contributed by atoms with Gasteiger partial charge in [-0.2, -0.15) is 0 Å². The molecule has 1 saturated carbocycles. The summed E-state index contributed by atoms with van der Waals surface area (Å²) < 4.78 is 5.26. The van der Waals surface area contributed by atoms with Gasteiger partial charge < -0.3 is 4.74 Å². The smallest absolute Gasteiger partial charge is 0.118 e. The number of benzene rings is 2. The van der Waals surface area contributed by atoms with Gasteiger partial charge in [-0.3, -0.25) is 0 Å². The molecule has 1 fully saturated rings. The van der Waals surface area contributed by atoms with Gasteiger partial charge >= 0.3 is 0 Å². The minimum Gasteiger partial charge on any atom is -0.497 e. The van der Waals surface area contributed by atoms with E-state index in [1.807, 2.05) is 0 Å². The van der Waals surface area contributed by atoms with Crippen LogP contribution in [0.15, 0.2) is 48.5 Å². The van der Waals surface area contributed by atoms with E-state index in [9.17, 15) is 0 Å². The second-order valence-corrected chi connectivity index (χ2v) is 7.39. The van der Waals surface area contributed by atoms with Crippen molar-refractivity contribution in [3.63, 3.8) is 0 Å². The van der Waals surface area contributed by atoms with Gasteiger partial charge in [0.25, 0.3) is 0 Å². The summed E-state index contributed by atoms with van der Waals surface area (Å²) in [6, 6.07) is 17.4. The molecule has 0 amide bonds. The first kappa shape index (κ1) is 18.6. The second-order valence-electron chi connectivity index (χ2n) is 7.39. The van der Waals surface area contributed by atoms with Gasteiger partial charge in [0.15, 0.2) is 0 Å². The lowest BCUT2D eigenvalue weighted by atomic mass is 9.79. The number of hydrogen-bond acceptors (Lipinski definition) is 1. The molecule has 0 saturated heterocycles. The fourth-order valence-electron chi connectivity index (χ4n) is 3.77. The normalized spacial score (nSPS) is 19.5. The van der Waals surface area contributed by atoms with E-state index >= 15 is 0 Å². The minimum atomic E-state index is 0.546. The molecule has 1 heteroatoms. The Morgan fingerprint density at radius 3 is 2.23 bits per heavy atom. The lowest BCUT2D eigenvalue weighted by Gasteiger charge is -2.26. The van der Waals surface area contributed by atoms with Crippen molar-refractivity contribution in [2.24, 2.45) is 5.92 Å². The predicted octanol–water partition coefficient (Wildman–Crippen LogP) is 6.36. The van der Waals surface area contributed by atoms with Gasteiger partial charge in [0, 0.05) is 11.5 Å². The number of unbranched alkanes of at least 4 members (excludes halogenated alkanes) is 1. The Kier molecular flexibility index (Phi) is 6.78. The Labute approximate surface area is 158 Å². The topological polar surface area (TPSA) is 9.23 Å². The number of rotatable bonds is 5. The van der Waals surface area contributed by atoms with Crippen LogP contribution in [0.4, 0.5) is 0 Å². The Hall–Kier alpha value is -2.20. The zero-order chi connectivity index (χ0) is 18.2. The average molecular weight is 347 g/mol. The van der Waals surface area contributed by atoms with Gasteiger partial charge in [-0.15, -0.1) is 0 Å². The molecule has 1 aliphatic carbocycles. The highest BCUT2D eigenvalue weighted by Gasteiger charge is 2.21. The van der Waals surface area contributed by atoms with Crippen molar-refractivity contribution in [2.75, 3.05) is 7.11 Å². The van der Waals surface area contributed by atoms with Crippen molar-refractivity contribution < 1.29 is 4.74 Å². The molecule has 0 bridgehead atoms. The van der Waals surface area contributed by atoms with Crippen LogP contribution < -0.4 is 4.74 Å². The van der Waals surface area contributed by atoms with Crippen LogP contribution in [0.3, 0.4) is 0 Å². The molecule has 1 nitrogen and oxygen atoms in total. The van der Waals surface area contributed by atoms with E-state index in [1.54, 1.807) is 7.11 Å². The number of aryl methyl sites for hydroxylation is 1. The first-order chi connectivity index (χ1) is 12.8. The van der Waals surface area contributed by atoms with Crippen LogP contribution in [0.25, 0.3) is 0 Å². The average Bonchev–Trinajstić information content (AvgIpc) is 2.72. The molecule has 0 unspecified atom stereocenters. The minimum absolute atomic E-state index is 0.546. The summed E-state index contributed by atoms with van der Waals surface area (Å²) in [5.74, 6) is 9.08. The summed E-state index contributed by atoms with van der Waals surface area (Å²) in [7, 11) is 1.72. The highest BCUT2D eigenvalue weighted by molar-refractivity contribution is 5.37. The van der Waals surface area contributed by atoms with Crippen LogP contribution in [0.2, 0.25) is 0 Å². The highest BCUT2D eigenvalue weighted by atomic mass is 16.5. The van der Waals surface area contributed by atoms with Crippen LogP contribution >= 0.6 is 0 Å². The van der Waals surface area contributed by atoms with Crippen molar-refractivity contribution in [3.8, 4) is 17.6 Å². The van der Waals surface area contributed by atoms with E-state index in [2.05, 4.69) is 67.3 Å². The Balaban J connectivity index is 1.51. The van der Waals surface area contributed by atoms with Gasteiger partial charge in [-0.25, -0.2) is 0 Å². The van der Waals surface area contributed by atoms with Gasteiger partial charge in [0.05, 0.1) is 7.11 Å². The third-order valence-electron chi connectivity index (χ3n) is 5.51. The van der Waals surface area contributed by atoms with Gasteiger partial charge in [0.2, 0.25) is 0 Å². The molecule has 136 valence electrons. The highest BCUT2D eigenvalue weighted by Crippen LogP contribution is 2.36. The van der Waals surface area contributed by atoms with Crippen LogP contribution in [0.1, 0.15) is 68.1 Å². The molecular formula is C25H30O. The Morgan fingerprint density at radius 1 is 0.923 bits per heavy atom. The van der Waals surface area contributed by atoms with E-state index in [4.69, 9.17) is 4.74 Å². The standard InChI is InChI=1S/C25H30O/c1-3-4-5-20-6-8-21(9-7-20)10-11-22-12-14-23(15-13-22)24-16-18-25(26-2)19-17-24/h6-9,16-19,22-23H,3-5,12-15H2,1-2H3/t22-,23-. The quantitative estimate of drug-likeness (QED) is 0.572. The summed E-state index contributed by atoms with van der Waals surface area (Å²) >= 11 is 0. The fraction of sp³-hybridized carbons (Fsp3) is 0.440. The maximum atomic E-state index is 5.26. The van der Waals surface area contributed by atoms with E-state index in [0.717, 1.165) is 11.3 Å². The molecule has 1 aliphatic rings. The SMILES string of the molecule is CCCCc1ccc(C#C[C@H]2CC[C@H](c3ccc(OC)cc3)CC2)cc1.